The Morgan fingerprint density at radius 2 is 2.11 bits per heavy atom. The smallest absolute Gasteiger partial charge is 0.241 e. The standard InChI is InChI=1S/C15H22N2O2/c1-10(18)15(2,3)17-13-9-8-11-6-4-5-7-12(11)16-14(13)19/h4-7,10,13,17-18H,8-9H2,1-3H3,(H,16,19). The highest BCUT2D eigenvalue weighted by molar-refractivity contribution is 5.96. The zero-order valence-electron chi connectivity index (χ0n) is 11.7. The Labute approximate surface area is 114 Å². The van der Waals surface area contributed by atoms with Crippen LogP contribution in [0.15, 0.2) is 24.3 Å². The molecule has 1 amide bonds. The Kier molecular flexibility index (Phi) is 3.92. The number of hydrogen-bond donors (Lipinski definition) is 3. The van der Waals surface area contributed by atoms with Gasteiger partial charge in [0.15, 0.2) is 0 Å². The van der Waals surface area contributed by atoms with Gasteiger partial charge in [0, 0.05) is 11.2 Å². The third kappa shape index (κ3) is 3.14. The van der Waals surface area contributed by atoms with Gasteiger partial charge in [0.1, 0.15) is 0 Å². The molecule has 0 radical (unpaired) electrons. The first-order valence-corrected chi connectivity index (χ1v) is 6.74. The summed E-state index contributed by atoms with van der Waals surface area (Å²) in [6.07, 6.45) is 1.06. The lowest BCUT2D eigenvalue weighted by Gasteiger charge is -2.33. The minimum Gasteiger partial charge on any atom is -0.392 e. The van der Waals surface area contributed by atoms with Crippen molar-refractivity contribution >= 4 is 11.6 Å². The fourth-order valence-corrected chi connectivity index (χ4v) is 2.22. The molecule has 4 heteroatoms. The second-order valence-electron chi connectivity index (χ2n) is 5.78. The van der Waals surface area contributed by atoms with Gasteiger partial charge in [-0.15, -0.1) is 0 Å². The Hall–Kier alpha value is -1.39. The average Bonchev–Trinajstić information content (AvgIpc) is 2.49. The van der Waals surface area contributed by atoms with Gasteiger partial charge in [0.25, 0.3) is 0 Å². The van der Waals surface area contributed by atoms with E-state index < -0.39 is 11.6 Å². The van der Waals surface area contributed by atoms with Gasteiger partial charge in [0.2, 0.25) is 5.91 Å². The van der Waals surface area contributed by atoms with Gasteiger partial charge < -0.3 is 10.4 Å². The molecule has 0 fully saturated rings. The van der Waals surface area contributed by atoms with Crippen molar-refractivity contribution in [3.8, 4) is 0 Å². The van der Waals surface area contributed by atoms with Crippen molar-refractivity contribution in [3.63, 3.8) is 0 Å². The summed E-state index contributed by atoms with van der Waals surface area (Å²) in [4.78, 5) is 12.2. The Morgan fingerprint density at radius 1 is 1.42 bits per heavy atom. The number of amides is 1. The van der Waals surface area contributed by atoms with E-state index in [9.17, 15) is 9.90 Å². The second-order valence-corrected chi connectivity index (χ2v) is 5.78. The molecule has 1 aromatic rings. The van der Waals surface area contributed by atoms with Crippen molar-refractivity contribution in [2.45, 2.75) is 51.3 Å². The summed E-state index contributed by atoms with van der Waals surface area (Å²) in [7, 11) is 0. The first kappa shape index (κ1) is 14.0. The van der Waals surface area contributed by atoms with Crippen LogP contribution in [0.1, 0.15) is 32.8 Å². The van der Waals surface area contributed by atoms with Crippen LogP contribution in [0, 0.1) is 0 Å². The van der Waals surface area contributed by atoms with Crippen LogP contribution in [-0.2, 0) is 11.2 Å². The van der Waals surface area contributed by atoms with Crippen LogP contribution in [0.25, 0.3) is 0 Å². The third-order valence-electron chi connectivity index (χ3n) is 3.88. The Bertz CT molecular complexity index is 469. The number of hydrogen-bond acceptors (Lipinski definition) is 3. The molecule has 2 unspecified atom stereocenters. The maximum absolute atomic E-state index is 12.2. The maximum Gasteiger partial charge on any atom is 0.241 e. The number of carbonyl (C=O) groups excluding carboxylic acids is 1. The highest BCUT2D eigenvalue weighted by Gasteiger charge is 2.31. The normalized spacial score (nSPS) is 21.3. The minimum absolute atomic E-state index is 0.0290. The summed E-state index contributed by atoms with van der Waals surface area (Å²) in [6, 6.07) is 7.59. The van der Waals surface area contributed by atoms with E-state index in [0.29, 0.717) is 0 Å². The van der Waals surface area contributed by atoms with Crippen molar-refractivity contribution in [2.24, 2.45) is 0 Å². The van der Waals surface area contributed by atoms with Crippen LogP contribution in [-0.4, -0.2) is 28.7 Å². The third-order valence-corrected chi connectivity index (χ3v) is 3.88. The fraction of sp³-hybridized carbons (Fsp3) is 0.533. The van der Waals surface area contributed by atoms with Gasteiger partial charge in [-0.25, -0.2) is 0 Å². The highest BCUT2D eigenvalue weighted by Crippen LogP contribution is 2.22. The molecule has 1 aliphatic rings. The predicted molar refractivity (Wildman–Crippen MR) is 76.1 cm³/mol. The SMILES string of the molecule is CC(O)C(C)(C)NC1CCc2ccccc2NC1=O. The van der Waals surface area contributed by atoms with Crippen LogP contribution in [0.5, 0.6) is 0 Å². The molecule has 0 aliphatic carbocycles. The minimum atomic E-state index is -0.522. The average molecular weight is 262 g/mol. The van der Waals surface area contributed by atoms with Gasteiger partial charge >= 0.3 is 0 Å². The Balaban J connectivity index is 2.13. The van der Waals surface area contributed by atoms with Crippen molar-refractivity contribution < 1.29 is 9.90 Å². The van der Waals surface area contributed by atoms with Gasteiger partial charge in [-0.3, -0.25) is 10.1 Å². The lowest BCUT2D eigenvalue weighted by Crippen LogP contribution is -2.56. The number of fused-ring (bicyclic) bond motifs is 1. The first-order chi connectivity index (χ1) is 8.90. The number of para-hydroxylation sites is 1. The zero-order chi connectivity index (χ0) is 14.0. The van der Waals surface area contributed by atoms with Gasteiger partial charge in [-0.1, -0.05) is 18.2 Å². The molecule has 2 rings (SSSR count). The van der Waals surface area contributed by atoms with E-state index in [2.05, 4.69) is 10.6 Å². The van der Waals surface area contributed by atoms with Crippen molar-refractivity contribution in [2.75, 3.05) is 5.32 Å². The topological polar surface area (TPSA) is 61.4 Å². The van der Waals surface area contributed by atoms with E-state index in [1.165, 1.54) is 0 Å². The zero-order valence-corrected chi connectivity index (χ0v) is 11.7. The van der Waals surface area contributed by atoms with Crippen molar-refractivity contribution in [1.82, 2.24) is 5.32 Å². The van der Waals surface area contributed by atoms with Crippen LogP contribution >= 0.6 is 0 Å². The van der Waals surface area contributed by atoms with E-state index >= 15 is 0 Å². The summed E-state index contributed by atoms with van der Waals surface area (Å²) in [6.45, 7) is 5.54. The van der Waals surface area contributed by atoms with Crippen molar-refractivity contribution in [1.29, 1.82) is 0 Å². The number of carbonyl (C=O) groups is 1. The number of anilines is 1. The molecular weight excluding hydrogens is 240 g/mol. The monoisotopic (exact) mass is 262 g/mol. The lowest BCUT2D eigenvalue weighted by molar-refractivity contribution is -0.119. The summed E-state index contributed by atoms with van der Waals surface area (Å²) in [5.74, 6) is -0.0290. The molecule has 104 valence electrons. The van der Waals surface area contributed by atoms with E-state index in [1.807, 2.05) is 38.1 Å². The highest BCUT2D eigenvalue weighted by atomic mass is 16.3. The molecule has 0 aromatic heterocycles. The molecule has 3 N–H and O–H groups in total. The van der Waals surface area contributed by atoms with E-state index in [0.717, 1.165) is 24.1 Å². The second kappa shape index (κ2) is 5.31. The molecule has 0 saturated heterocycles. The molecule has 1 aliphatic heterocycles. The number of aliphatic hydroxyl groups is 1. The predicted octanol–water partition coefficient (Wildman–Crippen LogP) is 1.69. The summed E-state index contributed by atoms with van der Waals surface area (Å²) in [5, 5.41) is 16.0. The summed E-state index contributed by atoms with van der Waals surface area (Å²) in [5.41, 5.74) is 1.57. The number of benzene rings is 1. The van der Waals surface area contributed by atoms with Crippen molar-refractivity contribution in [3.05, 3.63) is 29.8 Å². The largest absolute Gasteiger partial charge is 0.392 e. The molecule has 2 atom stereocenters. The van der Waals surface area contributed by atoms with Gasteiger partial charge in [-0.05, 0) is 45.2 Å². The number of aryl methyl sites for hydroxylation is 1. The Morgan fingerprint density at radius 3 is 2.79 bits per heavy atom. The quantitative estimate of drug-likeness (QED) is 0.777. The maximum atomic E-state index is 12.2. The number of rotatable bonds is 3. The van der Waals surface area contributed by atoms with Gasteiger partial charge in [0.05, 0.1) is 12.1 Å². The van der Waals surface area contributed by atoms with E-state index in [4.69, 9.17) is 0 Å². The lowest BCUT2D eigenvalue weighted by atomic mass is 9.96. The molecule has 0 spiro atoms. The fourth-order valence-electron chi connectivity index (χ4n) is 2.22. The number of nitrogens with one attached hydrogen (secondary N) is 2. The first-order valence-electron chi connectivity index (χ1n) is 6.74. The van der Waals surface area contributed by atoms with E-state index in [-0.39, 0.29) is 11.9 Å². The molecular formula is C15H22N2O2. The molecule has 1 aromatic carbocycles. The molecule has 0 saturated carbocycles. The number of aliphatic hydroxyl groups excluding tert-OH is 1. The van der Waals surface area contributed by atoms with Crippen LogP contribution in [0.2, 0.25) is 0 Å². The van der Waals surface area contributed by atoms with Crippen LogP contribution in [0.4, 0.5) is 5.69 Å². The van der Waals surface area contributed by atoms with Gasteiger partial charge in [-0.2, -0.15) is 0 Å². The summed E-state index contributed by atoms with van der Waals surface area (Å²) >= 11 is 0. The molecule has 1 heterocycles. The molecule has 0 bridgehead atoms. The molecule has 19 heavy (non-hydrogen) atoms. The van der Waals surface area contributed by atoms with Crippen LogP contribution < -0.4 is 10.6 Å². The molecule has 4 nitrogen and oxygen atoms in total. The van der Waals surface area contributed by atoms with Crippen LogP contribution in [0.3, 0.4) is 0 Å². The van der Waals surface area contributed by atoms with E-state index in [1.54, 1.807) is 6.92 Å². The summed E-state index contributed by atoms with van der Waals surface area (Å²) < 4.78 is 0.